The molecule has 0 saturated carbocycles. The standard InChI is InChI=1S/C13H18N2O3S/c16-12(17)8-10(11-5-3-7-19-11)15-13(18)9-4-1-2-6-14-9/h3,5,7,9-10,14H,1-2,4,6,8H2,(H,15,18)(H,16,17)/t9-,10?/m1/s1. The zero-order valence-corrected chi connectivity index (χ0v) is 11.4. The molecule has 6 heteroatoms. The molecule has 1 aromatic heterocycles. The van der Waals surface area contributed by atoms with Crippen LogP contribution < -0.4 is 10.6 Å². The molecule has 1 aromatic rings. The van der Waals surface area contributed by atoms with Gasteiger partial charge in [-0.25, -0.2) is 0 Å². The zero-order chi connectivity index (χ0) is 13.7. The first-order valence-corrected chi connectivity index (χ1v) is 7.33. The van der Waals surface area contributed by atoms with Crippen molar-refractivity contribution in [2.75, 3.05) is 6.54 Å². The van der Waals surface area contributed by atoms with Crippen LogP contribution in [0.5, 0.6) is 0 Å². The number of piperidine rings is 1. The van der Waals surface area contributed by atoms with Gasteiger partial charge >= 0.3 is 5.97 Å². The molecule has 5 nitrogen and oxygen atoms in total. The van der Waals surface area contributed by atoms with Crippen LogP contribution in [-0.2, 0) is 9.59 Å². The summed E-state index contributed by atoms with van der Waals surface area (Å²) in [5.41, 5.74) is 0. The van der Waals surface area contributed by atoms with Crippen LogP contribution in [-0.4, -0.2) is 29.6 Å². The summed E-state index contributed by atoms with van der Waals surface area (Å²) in [6.45, 7) is 0.848. The summed E-state index contributed by atoms with van der Waals surface area (Å²) in [7, 11) is 0. The lowest BCUT2D eigenvalue weighted by Gasteiger charge is -2.25. The topological polar surface area (TPSA) is 78.4 Å². The van der Waals surface area contributed by atoms with Crippen LogP contribution in [0.1, 0.15) is 36.6 Å². The minimum absolute atomic E-state index is 0.0844. The minimum atomic E-state index is -0.907. The van der Waals surface area contributed by atoms with Gasteiger partial charge in [-0.3, -0.25) is 9.59 Å². The molecule has 1 unspecified atom stereocenters. The number of carbonyl (C=O) groups is 2. The van der Waals surface area contributed by atoms with E-state index in [0.717, 1.165) is 30.7 Å². The van der Waals surface area contributed by atoms with E-state index in [1.807, 2.05) is 17.5 Å². The third-order valence-electron chi connectivity index (χ3n) is 3.21. The molecule has 0 bridgehead atoms. The summed E-state index contributed by atoms with van der Waals surface area (Å²) in [6.07, 6.45) is 2.86. The van der Waals surface area contributed by atoms with Gasteiger partial charge in [0.25, 0.3) is 0 Å². The average Bonchev–Trinajstić information content (AvgIpc) is 2.92. The fourth-order valence-electron chi connectivity index (χ4n) is 2.23. The third-order valence-corrected chi connectivity index (χ3v) is 4.19. The van der Waals surface area contributed by atoms with E-state index in [2.05, 4.69) is 10.6 Å². The molecule has 1 aliphatic heterocycles. The highest BCUT2D eigenvalue weighted by Gasteiger charge is 2.25. The molecule has 0 aromatic carbocycles. The highest BCUT2D eigenvalue weighted by Crippen LogP contribution is 2.22. The first-order chi connectivity index (χ1) is 9.16. The second-order valence-corrected chi connectivity index (χ2v) is 5.66. The second-order valence-electron chi connectivity index (χ2n) is 4.68. The Morgan fingerprint density at radius 2 is 2.37 bits per heavy atom. The number of carboxylic acids is 1. The van der Waals surface area contributed by atoms with E-state index in [9.17, 15) is 9.59 Å². The summed E-state index contributed by atoms with van der Waals surface area (Å²) in [5.74, 6) is -1.00. The maximum Gasteiger partial charge on any atom is 0.305 e. The van der Waals surface area contributed by atoms with E-state index in [1.165, 1.54) is 11.3 Å². The highest BCUT2D eigenvalue weighted by molar-refractivity contribution is 7.10. The summed E-state index contributed by atoms with van der Waals surface area (Å²) in [4.78, 5) is 23.9. The predicted octanol–water partition coefficient (Wildman–Crippen LogP) is 1.52. The van der Waals surface area contributed by atoms with E-state index in [0.29, 0.717) is 0 Å². The number of amides is 1. The van der Waals surface area contributed by atoms with E-state index in [-0.39, 0.29) is 18.4 Å². The molecule has 2 rings (SSSR count). The van der Waals surface area contributed by atoms with Crippen molar-refractivity contribution in [2.45, 2.75) is 37.8 Å². The lowest BCUT2D eigenvalue weighted by Crippen LogP contribution is -2.47. The van der Waals surface area contributed by atoms with Crippen molar-refractivity contribution in [3.8, 4) is 0 Å². The molecule has 0 aliphatic carbocycles. The van der Waals surface area contributed by atoms with Crippen LogP contribution in [0.25, 0.3) is 0 Å². The molecule has 1 fully saturated rings. The lowest BCUT2D eigenvalue weighted by atomic mass is 10.0. The summed E-state index contributed by atoms with van der Waals surface area (Å²) in [5, 5.41) is 16.8. The number of carboxylic acid groups (broad SMARTS) is 1. The number of hydrogen-bond donors (Lipinski definition) is 3. The maximum atomic E-state index is 12.1. The SMILES string of the molecule is O=C(O)CC(NC(=O)[C@H]1CCCCN1)c1cccs1. The van der Waals surface area contributed by atoms with Crippen molar-refractivity contribution in [2.24, 2.45) is 0 Å². The highest BCUT2D eigenvalue weighted by atomic mass is 32.1. The van der Waals surface area contributed by atoms with Crippen molar-refractivity contribution >= 4 is 23.2 Å². The number of rotatable bonds is 5. The Bertz CT molecular complexity index is 427. The molecule has 19 heavy (non-hydrogen) atoms. The van der Waals surface area contributed by atoms with Gasteiger partial charge in [0.05, 0.1) is 18.5 Å². The van der Waals surface area contributed by atoms with Gasteiger partial charge in [0.15, 0.2) is 0 Å². The van der Waals surface area contributed by atoms with Crippen molar-refractivity contribution in [1.29, 1.82) is 0 Å². The second kappa shape index (κ2) is 6.68. The van der Waals surface area contributed by atoms with Gasteiger partial charge < -0.3 is 15.7 Å². The van der Waals surface area contributed by atoms with Crippen LogP contribution in [0.2, 0.25) is 0 Å². The number of aliphatic carboxylic acids is 1. The Morgan fingerprint density at radius 1 is 1.53 bits per heavy atom. The van der Waals surface area contributed by atoms with E-state index >= 15 is 0 Å². The molecule has 1 amide bonds. The van der Waals surface area contributed by atoms with Crippen LogP contribution in [0.3, 0.4) is 0 Å². The van der Waals surface area contributed by atoms with Crippen LogP contribution in [0.4, 0.5) is 0 Å². The first-order valence-electron chi connectivity index (χ1n) is 6.46. The zero-order valence-electron chi connectivity index (χ0n) is 10.6. The van der Waals surface area contributed by atoms with Gasteiger partial charge in [-0.05, 0) is 30.8 Å². The fourth-order valence-corrected chi connectivity index (χ4v) is 3.01. The number of nitrogens with one attached hydrogen (secondary N) is 2. The minimum Gasteiger partial charge on any atom is -0.481 e. The number of hydrogen-bond acceptors (Lipinski definition) is 4. The quantitative estimate of drug-likeness (QED) is 0.765. The van der Waals surface area contributed by atoms with E-state index in [1.54, 1.807) is 0 Å². The van der Waals surface area contributed by atoms with Gasteiger partial charge in [0.2, 0.25) is 5.91 Å². The Hall–Kier alpha value is -1.40. The Kier molecular flexibility index (Phi) is 4.93. The Balaban J connectivity index is 1.99. The van der Waals surface area contributed by atoms with Gasteiger partial charge in [-0.2, -0.15) is 0 Å². The normalized spacial score (nSPS) is 20.7. The van der Waals surface area contributed by atoms with Crippen molar-refractivity contribution in [3.05, 3.63) is 22.4 Å². The fraction of sp³-hybridized carbons (Fsp3) is 0.538. The molecule has 1 saturated heterocycles. The monoisotopic (exact) mass is 282 g/mol. The average molecular weight is 282 g/mol. The summed E-state index contributed by atoms with van der Waals surface area (Å²) in [6, 6.07) is 3.09. The van der Waals surface area contributed by atoms with Crippen molar-refractivity contribution < 1.29 is 14.7 Å². The smallest absolute Gasteiger partial charge is 0.305 e. The first kappa shape index (κ1) is 14.0. The van der Waals surface area contributed by atoms with Gasteiger partial charge in [0, 0.05) is 4.88 Å². The Labute approximate surface area is 116 Å². The molecule has 1 aliphatic rings. The molecule has 2 heterocycles. The van der Waals surface area contributed by atoms with Crippen molar-refractivity contribution in [3.63, 3.8) is 0 Å². The van der Waals surface area contributed by atoms with Gasteiger partial charge in [0.1, 0.15) is 0 Å². The lowest BCUT2D eigenvalue weighted by molar-refractivity contribution is -0.137. The summed E-state index contributed by atoms with van der Waals surface area (Å²) >= 11 is 1.46. The maximum absolute atomic E-state index is 12.1. The van der Waals surface area contributed by atoms with E-state index in [4.69, 9.17) is 5.11 Å². The third kappa shape index (κ3) is 4.04. The molecule has 0 radical (unpaired) electrons. The van der Waals surface area contributed by atoms with Gasteiger partial charge in [-0.1, -0.05) is 12.5 Å². The van der Waals surface area contributed by atoms with Gasteiger partial charge in [-0.15, -0.1) is 11.3 Å². The molecular weight excluding hydrogens is 264 g/mol. The predicted molar refractivity (Wildman–Crippen MR) is 73.1 cm³/mol. The number of carbonyl (C=O) groups excluding carboxylic acids is 1. The van der Waals surface area contributed by atoms with Crippen molar-refractivity contribution in [1.82, 2.24) is 10.6 Å². The van der Waals surface area contributed by atoms with Crippen LogP contribution >= 0.6 is 11.3 Å². The largest absolute Gasteiger partial charge is 0.481 e. The molecule has 104 valence electrons. The van der Waals surface area contributed by atoms with E-state index < -0.39 is 12.0 Å². The van der Waals surface area contributed by atoms with Crippen LogP contribution in [0, 0.1) is 0 Å². The molecular formula is C13H18N2O3S. The molecule has 0 spiro atoms. The molecule has 2 atom stereocenters. The number of thiophene rings is 1. The summed E-state index contributed by atoms with van der Waals surface area (Å²) < 4.78 is 0. The van der Waals surface area contributed by atoms with Crippen LogP contribution in [0.15, 0.2) is 17.5 Å². The molecule has 3 N–H and O–H groups in total. The Morgan fingerprint density at radius 3 is 2.95 bits per heavy atom.